The summed E-state index contributed by atoms with van der Waals surface area (Å²) in [6.07, 6.45) is 0. The lowest BCUT2D eigenvalue weighted by Gasteiger charge is -2.37. The molecule has 0 bridgehead atoms. The maximum atomic E-state index is 2.35. The van der Waals surface area contributed by atoms with Crippen molar-refractivity contribution in [3.8, 4) is 0 Å². The molecule has 0 aliphatic rings. The Morgan fingerprint density at radius 1 is 0.424 bits per heavy atom. The molecule has 1 nitrogen and oxygen atoms in total. The van der Waals surface area contributed by atoms with E-state index in [-0.39, 0.29) is 5.54 Å². The van der Waals surface area contributed by atoms with Crippen LogP contribution in [0.2, 0.25) is 0 Å². The molecule has 0 atom stereocenters. The molecular formula is C32H51N. The molecule has 0 saturated carbocycles. The molecule has 0 aliphatic carbocycles. The normalized spacial score (nSPS) is 9.82. The fraction of sp³-hybridized carbons (Fsp3) is 0.438. The SMILES string of the molecule is CC.CC.CC.CC(C)(C)N(c1ccccc1)c1ccccc1.CC(C)(C)c1ccccc1. The van der Waals surface area contributed by atoms with Gasteiger partial charge in [-0.25, -0.2) is 0 Å². The molecule has 0 heterocycles. The molecular weight excluding hydrogens is 398 g/mol. The molecule has 0 N–H and O–H groups in total. The number of nitrogens with zero attached hydrogens (tertiary/aromatic N) is 1. The minimum atomic E-state index is 0.0582. The number of rotatable bonds is 2. The summed E-state index contributed by atoms with van der Waals surface area (Å²) in [6.45, 7) is 25.4. The fourth-order valence-corrected chi connectivity index (χ4v) is 3.02. The van der Waals surface area contributed by atoms with E-state index in [0.717, 1.165) is 0 Å². The van der Waals surface area contributed by atoms with Gasteiger partial charge in [0.05, 0.1) is 0 Å². The molecule has 0 aliphatic heterocycles. The van der Waals surface area contributed by atoms with Gasteiger partial charge in [-0.2, -0.15) is 0 Å². The van der Waals surface area contributed by atoms with Crippen LogP contribution in [0.5, 0.6) is 0 Å². The van der Waals surface area contributed by atoms with Gasteiger partial charge < -0.3 is 4.90 Å². The van der Waals surface area contributed by atoms with Crippen LogP contribution in [0.15, 0.2) is 91.0 Å². The Hall–Kier alpha value is -2.54. The molecule has 3 rings (SSSR count). The Morgan fingerprint density at radius 2 is 0.697 bits per heavy atom. The zero-order valence-electron chi connectivity index (χ0n) is 23.6. The van der Waals surface area contributed by atoms with Crippen molar-refractivity contribution in [2.24, 2.45) is 0 Å². The van der Waals surface area contributed by atoms with Crippen LogP contribution < -0.4 is 4.90 Å². The summed E-state index contributed by atoms with van der Waals surface area (Å²) in [4.78, 5) is 2.35. The Morgan fingerprint density at radius 3 is 0.909 bits per heavy atom. The third-order valence-electron chi connectivity index (χ3n) is 4.34. The van der Waals surface area contributed by atoms with Gasteiger partial charge in [0.25, 0.3) is 0 Å². The van der Waals surface area contributed by atoms with Crippen LogP contribution in [0.25, 0.3) is 0 Å². The summed E-state index contributed by atoms with van der Waals surface area (Å²) in [6, 6.07) is 31.6. The number of hydrogen-bond donors (Lipinski definition) is 0. The lowest BCUT2D eigenvalue weighted by atomic mass is 9.87. The van der Waals surface area contributed by atoms with Gasteiger partial charge in [0.2, 0.25) is 0 Å². The molecule has 33 heavy (non-hydrogen) atoms. The van der Waals surface area contributed by atoms with E-state index >= 15 is 0 Å². The summed E-state index contributed by atoms with van der Waals surface area (Å²) in [5, 5.41) is 0. The van der Waals surface area contributed by atoms with E-state index in [1.165, 1.54) is 16.9 Å². The van der Waals surface area contributed by atoms with Gasteiger partial charge in [-0.05, 0) is 56.0 Å². The molecule has 0 radical (unpaired) electrons. The van der Waals surface area contributed by atoms with Gasteiger partial charge in [-0.1, -0.05) is 129 Å². The number of benzene rings is 3. The summed E-state index contributed by atoms with van der Waals surface area (Å²) < 4.78 is 0. The van der Waals surface area contributed by atoms with Crippen molar-refractivity contribution < 1.29 is 0 Å². The van der Waals surface area contributed by atoms with Crippen molar-refractivity contribution in [2.75, 3.05) is 4.90 Å². The first-order valence-corrected chi connectivity index (χ1v) is 12.7. The van der Waals surface area contributed by atoms with Gasteiger partial charge in [0, 0.05) is 16.9 Å². The first kappa shape index (κ1) is 32.6. The zero-order valence-corrected chi connectivity index (χ0v) is 23.6. The standard InChI is InChI=1S/C16H19N.C10H14.3C2H6/c1-16(2,3)17(14-10-6-4-7-11-14)15-12-8-5-9-13-15;1-10(2,3)9-7-5-4-6-8-9;3*1-2/h4-13H,1-3H3;4-8H,1-3H3;3*1-2H3. The molecule has 0 amide bonds. The largest absolute Gasteiger partial charge is 0.336 e. The van der Waals surface area contributed by atoms with Crippen LogP contribution >= 0.6 is 0 Å². The highest BCUT2D eigenvalue weighted by Gasteiger charge is 2.22. The van der Waals surface area contributed by atoms with Crippen molar-refractivity contribution in [3.05, 3.63) is 96.6 Å². The van der Waals surface area contributed by atoms with E-state index in [1.54, 1.807) is 0 Å². The van der Waals surface area contributed by atoms with Crippen molar-refractivity contribution in [3.63, 3.8) is 0 Å². The summed E-state index contributed by atoms with van der Waals surface area (Å²) in [7, 11) is 0. The number of anilines is 2. The molecule has 1 heteroatoms. The Kier molecular flexibility index (Phi) is 17.8. The Balaban J connectivity index is 0. The second kappa shape index (κ2) is 18.0. The minimum Gasteiger partial charge on any atom is -0.336 e. The lowest BCUT2D eigenvalue weighted by molar-refractivity contribution is 0.560. The topological polar surface area (TPSA) is 3.24 Å². The summed E-state index contributed by atoms with van der Waals surface area (Å²) in [5.74, 6) is 0. The third kappa shape index (κ3) is 12.9. The van der Waals surface area contributed by atoms with Gasteiger partial charge in [-0.3, -0.25) is 0 Å². The van der Waals surface area contributed by atoms with Gasteiger partial charge in [0.1, 0.15) is 0 Å². The summed E-state index contributed by atoms with van der Waals surface area (Å²) >= 11 is 0. The maximum absolute atomic E-state index is 2.35. The van der Waals surface area contributed by atoms with Crippen molar-refractivity contribution >= 4 is 11.4 Å². The average Bonchev–Trinajstić information content (AvgIpc) is 2.84. The van der Waals surface area contributed by atoms with Gasteiger partial charge >= 0.3 is 0 Å². The highest BCUT2D eigenvalue weighted by molar-refractivity contribution is 5.65. The minimum absolute atomic E-state index is 0.0582. The predicted octanol–water partition coefficient (Wildman–Crippen LogP) is 10.7. The average molecular weight is 450 g/mol. The maximum Gasteiger partial charge on any atom is 0.0415 e. The van der Waals surface area contributed by atoms with Crippen molar-refractivity contribution in [2.45, 2.75) is 94.0 Å². The van der Waals surface area contributed by atoms with Crippen LogP contribution in [0, 0.1) is 0 Å². The Labute approximate surface area is 206 Å². The van der Waals surface area contributed by atoms with E-state index in [1.807, 2.05) is 41.5 Å². The molecule has 0 saturated heterocycles. The monoisotopic (exact) mass is 449 g/mol. The third-order valence-corrected chi connectivity index (χ3v) is 4.34. The zero-order chi connectivity index (χ0) is 25.9. The fourth-order valence-electron chi connectivity index (χ4n) is 3.02. The Bertz CT molecular complexity index is 739. The number of para-hydroxylation sites is 2. The second-order valence-electron chi connectivity index (χ2n) is 8.79. The van der Waals surface area contributed by atoms with Crippen LogP contribution in [-0.2, 0) is 5.41 Å². The van der Waals surface area contributed by atoms with Gasteiger partial charge in [-0.15, -0.1) is 0 Å². The quantitative estimate of drug-likeness (QED) is 0.376. The molecule has 0 aromatic heterocycles. The van der Waals surface area contributed by atoms with Crippen LogP contribution in [0.4, 0.5) is 11.4 Å². The number of hydrogen-bond acceptors (Lipinski definition) is 1. The van der Waals surface area contributed by atoms with E-state index in [2.05, 4.69) is 137 Å². The molecule has 0 spiro atoms. The van der Waals surface area contributed by atoms with E-state index in [9.17, 15) is 0 Å². The highest BCUT2D eigenvalue weighted by atomic mass is 15.2. The van der Waals surface area contributed by atoms with Crippen molar-refractivity contribution in [1.29, 1.82) is 0 Å². The molecule has 0 unspecified atom stereocenters. The molecule has 3 aromatic rings. The first-order valence-electron chi connectivity index (χ1n) is 12.7. The second-order valence-corrected chi connectivity index (χ2v) is 8.79. The highest BCUT2D eigenvalue weighted by Crippen LogP contribution is 2.32. The lowest BCUT2D eigenvalue weighted by Crippen LogP contribution is -2.37. The van der Waals surface area contributed by atoms with Crippen LogP contribution in [0.3, 0.4) is 0 Å². The molecule has 184 valence electrons. The first-order chi connectivity index (χ1) is 15.7. The van der Waals surface area contributed by atoms with E-state index in [0.29, 0.717) is 5.41 Å². The van der Waals surface area contributed by atoms with Crippen molar-refractivity contribution in [1.82, 2.24) is 0 Å². The van der Waals surface area contributed by atoms with Crippen LogP contribution in [0.1, 0.15) is 88.6 Å². The smallest absolute Gasteiger partial charge is 0.0415 e. The predicted molar refractivity (Wildman–Crippen MR) is 154 cm³/mol. The van der Waals surface area contributed by atoms with Gasteiger partial charge in [0.15, 0.2) is 0 Å². The molecule has 0 fully saturated rings. The van der Waals surface area contributed by atoms with E-state index in [4.69, 9.17) is 0 Å². The molecule has 3 aromatic carbocycles. The summed E-state index contributed by atoms with van der Waals surface area (Å²) in [5.41, 5.74) is 4.21. The van der Waals surface area contributed by atoms with E-state index < -0.39 is 0 Å². The van der Waals surface area contributed by atoms with Crippen LogP contribution in [-0.4, -0.2) is 5.54 Å².